The minimum Gasteiger partial charge on any atom is -0.460 e. The van der Waals surface area contributed by atoms with E-state index in [9.17, 15) is 22.8 Å². The average Bonchev–Trinajstić information content (AvgIpc) is 2.73. The van der Waals surface area contributed by atoms with Crippen LogP contribution in [0.5, 0.6) is 0 Å². The molecule has 0 aliphatic heterocycles. The number of rotatable bonds is 8. The number of hydrogen-bond acceptors (Lipinski definition) is 3. The maximum absolute atomic E-state index is 13.7. The molecule has 0 aromatic heterocycles. The smallest absolute Gasteiger partial charge is 0.392 e. The molecule has 2 aromatic rings. The maximum Gasteiger partial charge on any atom is 0.392 e. The van der Waals surface area contributed by atoms with E-state index in [1.807, 2.05) is 13.8 Å². The molecule has 0 unspecified atom stereocenters. The van der Waals surface area contributed by atoms with Gasteiger partial charge in [0.1, 0.15) is 5.60 Å². The Morgan fingerprint density at radius 2 is 1.54 bits per heavy atom. The fraction of sp³-hybridized carbons (Fsp3) is 0.481. The van der Waals surface area contributed by atoms with Crippen LogP contribution in [0.3, 0.4) is 0 Å². The van der Waals surface area contributed by atoms with Crippen molar-refractivity contribution in [2.45, 2.75) is 78.0 Å². The molecule has 0 bridgehead atoms. The first kappa shape index (κ1) is 28.7. The van der Waals surface area contributed by atoms with Crippen molar-refractivity contribution in [1.29, 1.82) is 0 Å². The minimum absolute atomic E-state index is 0.113. The Balaban J connectivity index is 2.27. The van der Waals surface area contributed by atoms with Gasteiger partial charge in [-0.25, -0.2) is 0 Å². The highest BCUT2D eigenvalue weighted by Crippen LogP contribution is 2.39. The quantitative estimate of drug-likeness (QED) is 0.370. The van der Waals surface area contributed by atoms with Crippen LogP contribution in [0.1, 0.15) is 76.5 Å². The van der Waals surface area contributed by atoms with E-state index in [-0.39, 0.29) is 34.6 Å². The largest absolute Gasteiger partial charge is 0.460 e. The molecule has 0 aliphatic carbocycles. The maximum atomic E-state index is 13.7. The van der Waals surface area contributed by atoms with Crippen LogP contribution in [0, 0.1) is 5.92 Å². The molecule has 0 saturated carbocycles. The summed E-state index contributed by atoms with van der Waals surface area (Å²) in [5, 5.41) is 2.77. The van der Waals surface area contributed by atoms with Gasteiger partial charge in [0.05, 0.1) is 22.5 Å². The fourth-order valence-corrected chi connectivity index (χ4v) is 3.78. The topological polar surface area (TPSA) is 55.4 Å². The molecule has 35 heavy (non-hydrogen) atoms. The zero-order chi connectivity index (χ0) is 26.6. The molecule has 8 heteroatoms. The number of ether oxygens (including phenoxy) is 1. The van der Waals surface area contributed by atoms with Crippen molar-refractivity contribution >= 4 is 29.2 Å². The summed E-state index contributed by atoms with van der Waals surface area (Å²) < 4.78 is 46.3. The van der Waals surface area contributed by atoms with Crippen molar-refractivity contribution in [1.82, 2.24) is 0 Å². The van der Waals surface area contributed by atoms with Gasteiger partial charge < -0.3 is 10.1 Å². The summed E-state index contributed by atoms with van der Waals surface area (Å²) in [4.78, 5) is 25.2. The molecule has 0 aliphatic rings. The van der Waals surface area contributed by atoms with Gasteiger partial charge in [-0.3, -0.25) is 9.59 Å². The molecule has 0 fully saturated rings. The van der Waals surface area contributed by atoms with E-state index >= 15 is 0 Å². The minimum atomic E-state index is -4.57. The fourth-order valence-electron chi connectivity index (χ4n) is 3.62. The Morgan fingerprint density at radius 1 is 0.971 bits per heavy atom. The Hall–Kier alpha value is -2.54. The lowest BCUT2D eigenvalue weighted by molar-refractivity contribution is -0.178. The molecule has 4 nitrogen and oxygen atoms in total. The van der Waals surface area contributed by atoms with Crippen molar-refractivity contribution in [3.8, 4) is 0 Å². The number of anilines is 1. The van der Waals surface area contributed by atoms with Gasteiger partial charge in [0, 0.05) is 6.42 Å². The Labute approximate surface area is 210 Å². The predicted octanol–water partition coefficient (Wildman–Crippen LogP) is 7.66. The number of carbonyl (C=O) groups is 2. The van der Waals surface area contributed by atoms with Crippen molar-refractivity contribution in [3.63, 3.8) is 0 Å². The number of halogens is 4. The molecular weight excluding hydrogens is 479 g/mol. The first-order chi connectivity index (χ1) is 16.1. The number of benzene rings is 2. The summed E-state index contributed by atoms with van der Waals surface area (Å²) in [6.07, 6.45) is -4.13. The first-order valence-corrected chi connectivity index (χ1v) is 11.9. The van der Waals surface area contributed by atoms with Gasteiger partial charge >= 0.3 is 12.1 Å². The third kappa shape index (κ3) is 8.57. The molecule has 1 N–H and O–H groups in total. The number of hydrogen-bond donors (Lipinski definition) is 1. The van der Waals surface area contributed by atoms with Gasteiger partial charge in [0.2, 0.25) is 5.91 Å². The first-order valence-electron chi connectivity index (χ1n) is 11.6. The monoisotopic (exact) mass is 511 g/mol. The summed E-state index contributed by atoms with van der Waals surface area (Å²) >= 11 is 6.24. The Morgan fingerprint density at radius 3 is 2.06 bits per heavy atom. The van der Waals surface area contributed by atoms with E-state index in [1.165, 1.54) is 0 Å². The van der Waals surface area contributed by atoms with Crippen molar-refractivity contribution in [3.05, 3.63) is 64.2 Å². The van der Waals surface area contributed by atoms with Gasteiger partial charge in [0.15, 0.2) is 0 Å². The lowest BCUT2D eigenvalue weighted by Crippen LogP contribution is -2.34. The summed E-state index contributed by atoms with van der Waals surface area (Å²) in [6, 6.07) is 11.4. The summed E-state index contributed by atoms with van der Waals surface area (Å²) in [7, 11) is 0. The number of carbonyl (C=O) groups excluding carboxylic acids is 2. The highest BCUT2D eigenvalue weighted by atomic mass is 35.5. The second-order valence-electron chi connectivity index (χ2n) is 10.0. The number of esters is 1. The van der Waals surface area contributed by atoms with Crippen LogP contribution in [0.25, 0.3) is 0 Å². The van der Waals surface area contributed by atoms with Gasteiger partial charge in [0.25, 0.3) is 0 Å². The lowest BCUT2D eigenvalue weighted by Gasteiger charge is -2.26. The van der Waals surface area contributed by atoms with E-state index in [0.717, 1.165) is 12.5 Å². The van der Waals surface area contributed by atoms with Crippen LogP contribution in [0.2, 0.25) is 5.02 Å². The van der Waals surface area contributed by atoms with Crippen LogP contribution >= 0.6 is 11.6 Å². The third-order valence-corrected chi connectivity index (χ3v) is 5.92. The predicted molar refractivity (Wildman–Crippen MR) is 133 cm³/mol. The van der Waals surface area contributed by atoms with Gasteiger partial charge in [-0.05, 0) is 61.9 Å². The molecule has 192 valence electrons. The van der Waals surface area contributed by atoms with Crippen molar-refractivity contribution in [2.24, 2.45) is 5.92 Å². The van der Waals surface area contributed by atoms with E-state index in [0.29, 0.717) is 12.0 Å². The summed E-state index contributed by atoms with van der Waals surface area (Å²) in [5.41, 5.74) is 1.52. The van der Waals surface area contributed by atoms with Gasteiger partial charge in [-0.1, -0.05) is 62.7 Å². The van der Waals surface area contributed by atoms with Crippen LogP contribution in [-0.2, 0) is 20.7 Å². The Bertz CT molecular complexity index is 1030. The second kappa shape index (κ2) is 11.5. The zero-order valence-corrected chi connectivity index (χ0v) is 21.7. The van der Waals surface area contributed by atoms with Gasteiger partial charge in [-0.15, -0.1) is 0 Å². The van der Waals surface area contributed by atoms with E-state index in [1.54, 1.807) is 63.2 Å². The van der Waals surface area contributed by atoms with Crippen LogP contribution in [0.4, 0.5) is 18.9 Å². The SMILES string of the molecule is CC(C)c1ccc([C@@H](C(=O)Nc2cc(CCC(=O)OC(C)(C)C)ccc2Cl)[C@@H](C)C(F)(F)F)cc1. The second-order valence-corrected chi connectivity index (χ2v) is 10.4. The average molecular weight is 512 g/mol. The number of aryl methyl sites for hydroxylation is 1. The molecule has 0 spiro atoms. The zero-order valence-electron chi connectivity index (χ0n) is 20.9. The summed E-state index contributed by atoms with van der Waals surface area (Å²) in [5.74, 6) is -4.35. The standard InChI is InChI=1S/C27H33ClF3NO3/c1-16(2)19-9-11-20(12-10-19)24(17(3)27(29,30)31)25(34)32-22-15-18(7-13-21(22)28)8-14-23(33)35-26(4,5)6/h7,9-13,15-17,24H,8,14H2,1-6H3,(H,32,34)/t17-,24+/m1/s1. The third-order valence-electron chi connectivity index (χ3n) is 5.59. The molecule has 0 saturated heterocycles. The number of nitrogens with one attached hydrogen (secondary N) is 1. The summed E-state index contributed by atoms with van der Waals surface area (Å²) in [6.45, 7) is 10.3. The van der Waals surface area contributed by atoms with Crippen LogP contribution in [-0.4, -0.2) is 23.7 Å². The Kier molecular flexibility index (Phi) is 9.40. The number of alkyl halides is 3. The lowest BCUT2D eigenvalue weighted by atomic mass is 9.85. The van der Waals surface area contributed by atoms with E-state index in [4.69, 9.17) is 16.3 Å². The molecule has 2 atom stereocenters. The molecule has 1 amide bonds. The van der Waals surface area contributed by atoms with Crippen LogP contribution in [0.15, 0.2) is 42.5 Å². The molecule has 0 heterocycles. The molecular formula is C27H33ClF3NO3. The molecule has 2 aromatic carbocycles. The normalized spacial score (nSPS) is 13.9. The van der Waals surface area contributed by atoms with Crippen molar-refractivity contribution in [2.75, 3.05) is 5.32 Å². The highest BCUT2D eigenvalue weighted by Gasteiger charge is 2.45. The van der Waals surface area contributed by atoms with Crippen molar-refractivity contribution < 1.29 is 27.5 Å². The van der Waals surface area contributed by atoms with E-state index in [2.05, 4.69) is 5.32 Å². The van der Waals surface area contributed by atoms with Gasteiger partial charge in [-0.2, -0.15) is 13.2 Å². The number of amides is 1. The highest BCUT2D eigenvalue weighted by molar-refractivity contribution is 6.33. The van der Waals surface area contributed by atoms with Crippen LogP contribution < -0.4 is 5.32 Å². The molecule has 0 radical (unpaired) electrons. The molecule has 2 rings (SSSR count). The van der Waals surface area contributed by atoms with E-state index < -0.39 is 29.5 Å².